The van der Waals surface area contributed by atoms with E-state index in [1.807, 2.05) is 0 Å². The third kappa shape index (κ3) is 2.53. The Bertz CT molecular complexity index is 795. The fraction of sp³-hybridized carbons (Fsp3) is 0.316. The predicted octanol–water partition coefficient (Wildman–Crippen LogP) is 2.24. The number of hydrogen-bond donors (Lipinski definition) is 1. The lowest BCUT2D eigenvalue weighted by molar-refractivity contribution is 0.510. The van der Waals surface area contributed by atoms with Gasteiger partial charge in [0.2, 0.25) is 0 Å². The molecule has 3 nitrogen and oxygen atoms in total. The molecule has 0 spiro atoms. The number of rotatable bonds is 3. The van der Waals surface area contributed by atoms with E-state index in [2.05, 4.69) is 74.3 Å². The Kier molecular flexibility index (Phi) is 3.99. The van der Waals surface area contributed by atoms with Crippen molar-refractivity contribution in [3.63, 3.8) is 0 Å². The zero-order valence-electron chi connectivity index (χ0n) is 13.5. The molecular formula is C19H23N3. The van der Waals surface area contributed by atoms with E-state index < -0.39 is 0 Å². The van der Waals surface area contributed by atoms with Crippen LogP contribution in [0.15, 0.2) is 47.5 Å². The van der Waals surface area contributed by atoms with Crippen molar-refractivity contribution in [2.75, 3.05) is 4.90 Å². The molecule has 0 saturated carbocycles. The second kappa shape index (κ2) is 5.93. The Balaban J connectivity index is 2.22. The summed E-state index contributed by atoms with van der Waals surface area (Å²) in [5, 5.41) is 2.23. The molecule has 0 aliphatic carbocycles. The highest BCUT2D eigenvalue weighted by Crippen LogP contribution is 2.25. The minimum absolute atomic E-state index is 0.00418. The fourth-order valence-electron chi connectivity index (χ4n) is 2.94. The molecule has 3 heteroatoms. The maximum atomic E-state index is 6.37. The van der Waals surface area contributed by atoms with Crippen molar-refractivity contribution in [1.82, 2.24) is 0 Å². The van der Waals surface area contributed by atoms with Gasteiger partial charge in [-0.05, 0) is 43.5 Å². The van der Waals surface area contributed by atoms with Crippen LogP contribution >= 0.6 is 0 Å². The van der Waals surface area contributed by atoms with Crippen molar-refractivity contribution in [1.29, 1.82) is 0 Å². The first-order chi connectivity index (χ1) is 10.6. The monoisotopic (exact) mass is 293 g/mol. The lowest BCUT2D eigenvalue weighted by atomic mass is 10.1. The van der Waals surface area contributed by atoms with Gasteiger partial charge in [-0.1, -0.05) is 37.3 Å². The van der Waals surface area contributed by atoms with Crippen molar-refractivity contribution in [3.05, 3.63) is 64.2 Å². The maximum absolute atomic E-state index is 6.37. The molecule has 0 saturated heterocycles. The van der Waals surface area contributed by atoms with Crippen LogP contribution in [0.5, 0.6) is 0 Å². The molecule has 1 aliphatic rings. The van der Waals surface area contributed by atoms with E-state index in [9.17, 15) is 0 Å². The number of nitrogens with two attached hydrogens (primary N) is 1. The topological polar surface area (TPSA) is 41.6 Å². The number of anilines is 1. The molecule has 2 aromatic rings. The number of aryl methyl sites for hydroxylation is 2. The lowest BCUT2D eigenvalue weighted by Crippen LogP contribution is -2.51. The first-order valence-electron chi connectivity index (χ1n) is 7.86. The average molecular weight is 293 g/mol. The molecule has 3 rings (SSSR count). The lowest BCUT2D eigenvalue weighted by Gasteiger charge is -2.34. The van der Waals surface area contributed by atoms with Crippen LogP contribution in [-0.4, -0.2) is 12.2 Å². The standard InChI is InChI=1S/C19H23N3/c1-4-16(20)19-21-17-10-7-9-13(2)15(17)12-22(19)18-11-6-5-8-14(18)3/h5-12,16,19H,4,20H2,1-3H3. The van der Waals surface area contributed by atoms with E-state index in [0.29, 0.717) is 0 Å². The maximum Gasteiger partial charge on any atom is 0.140 e. The van der Waals surface area contributed by atoms with Gasteiger partial charge in [-0.25, -0.2) is 0 Å². The van der Waals surface area contributed by atoms with Crippen LogP contribution < -0.4 is 21.2 Å². The summed E-state index contributed by atoms with van der Waals surface area (Å²) in [5.41, 5.74) is 10.0. The summed E-state index contributed by atoms with van der Waals surface area (Å²) in [6, 6.07) is 14.7. The van der Waals surface area contributed by atoms with E-state index in [0.717, 1.165) is 11.8 Å². The molecule has 2 unspecified atom stereocenters. The first-order valence-corrected chi connectivity index (χ1v) is 7.86. The van der Waals surface area contributed by atoms with Crippen molar-refractivity contribution in [2.24, 2.45) is 10.7 Å². The number of hydrogen-bond acceptors (Lipinski definition) is 3. The predicted molar refractivity (Wildman–Crippen MR) is 92.1 cm³/mol. The second-order valence-electron chi connectivity index (χ2n) is 5.95. The van der Waals surface area contributed by atoms with Gasteiger partial charge in [0.1, 0.15) is 6.17 Å². The highest BCUT2D eigenvalue weighted by Gasteiger charge is 2.25. The Hall–Kier alpha value is -2.13. The molecule has 2 N–H and O–H groups in total. The minimum Gasteiger partial charge on any atom is -0.324 e. The van der Waals surface area contributed by atoms with E-state index in [4.69, 9.17) is 10.7 Å². The molecule has 22 heavy (non-hydrogen) atoms. The van der Waals surface area contributed by atoms with Gasteiger partial charge < -0.3 is 10.6 Å². The fourth-order valence-corrected chi connectivity index (χ4v) is 2.94. The summed E-state index contributed by atoms with van der Waals surface area (Å²) in [7, 11) is 0. The Morgan fingerprint density at radius 2 is 1.82 bits per heavy atom. The van der Waals surface area contributed by atoms with Gasteiger partial charge in [0.05, 0.1) is 5.36 Å². The molecule has 114 valence electrons. The SMILES string of the molecule is CCC(N)C1N=c2cccc(C)c2=CN1c1ccccc1C. The molecule has 2 atom stereocenters. The quantitative estimate of drug-likeness (QED) is 0.943. The third-order valence-electron chi connectivity index (χ3n) is 4.37. The molecule has 0 amide bonds. The van der Waals surface area contributed by atoms with Crippen molar-refractivity contribution in [2.45, 2.75) is 39.4 Å². The number of fused-ring (bicyclic) bond motifs is 1. The Morgan fingerprint density at radius 1 is 1.09 bits per heavy atom. The number of para-hydroxylation sites is 1. The summed E-state index contributed by atoms with van der Waals surface area (Å²) >= 11 is 0. The molecule has 0 aromatic heterocycles. The van der Waals surface area contributed by atoms with E-state index >= 15 is 0 Å². The van der Waals surface area contributed by atoms with Gasteiger partial charge in [0, 0.05) is 23.1 Å². The summed E-state index contributed by atoms with van der Waals surface area (Å²) < 4.78 is 0. The molecule has 0 bridgehead atoms. The summed E-state index contributed by atoms with van der Waals surface area (Å²) in [4.78, 5) is 7.18. The van der Waals surface area contributed by atoms with Crippen LogP contribution in [0.1, 0.15) is 24.5 Å². The van der Waals surface area contributed by atoms with E-state index in [1.54, 1.807) is 0 Å². The van der Waals surface area contributed by atoms with Gasteiger partial charge in [-0.2, -0.15) is 0 Å². The van der Waals surface area contributed by atoms with Crippen LogP contribution in [0.4, 0.5) is 5.69 Å². The van der Waals surface area contributed by atoms with Crippen LogP contribution in [0.2, 0.25) is 0 Å². The van der Waals surface area contributed by atoms with Crippen LogP contribution in [-0.2, 0) is 0 Å². The van der Waals surface area contributed by atoms with Crippen LogP contribution in [0.25, 0.3) is 6.20 Å². The van der Waals surface area contributed by atoms with Crippen molar-refractivity contribution < 1.29 is 0 Å². The van der Waals surface area contributed by atoms with Crippen LogP contribution in [0, 0.1) is 13.8 Å². The highest BCUT2D eigenvalue weighted by molar-refractivity contribution is 5.64. The van der Waals surface area contributed by atoms with Gasteiger partial charge in [-0.15, -0.1) is 0 Å². The molecule has 1 heterocycles. The van der Waals surface area contributed by atoms with E-state index in [-0.39, 0.29) is 12.2 Å². The average Bonchev–Trinajstić information content (AvgIpc) is 2.54. The Morgan fingerprint density at radius 3 is 2.55 bits per heavy atom. The molecule has 1 aliphatic heterocycles. The molecule has 2 aromatic carbocycles. The number of benzene rings is 2. The largest absolute Gasteiger partial charge is 0.324 e. The van der Waals surface area contributed by atoms with Gasteiger partial charge in [-0.3, -0.25) is 4.99 Å². The minimum atomic E-state index is -0.0552. The molecule has 0 radical (unpaired) electrons. The molecule has 0 fully saturated rings. The van der Waals surface area contributed by atoms with Gasteiger partial charge >= 0.3 is 0 Å². The zero-order chi connectivity index (χ0) is 15.7. The van der Waals surface area contributed by atoms with Crippen molar-refractivity contribution >= 4 is 11.9 Å². The normalized spacial score (nSPS) is 18.2. The number of nitrogens with zero attached hydrogens (tertiary/aromatic N) is 2. The van der Waals surface area contributed by atoms with Crippen molar-refractivity contribution in [3.8, 4) is 0 Å². The zero-order valence-corrected chi connectivity index (χ0v) is 13.5. The molecular weight excluding hydrogens is 270 g/mol. The summed E-state index contributed by atoms with van der Waals surface area (Å²) in [5.74, 6) is 0. The van der Waals surface area contributed by atoms with Crippen LogP contribution in [0.3, 0.4) is 0 Å². The van der Waals surface area contributed by atoms with Gasteiger partial charge in [0.15, 0.2) is 0 Å². The summed E-state index contributed by atoms with van der Waals surface area (Å²) in [6.45, 7) is 6.37. The Labute approximate surface area is 131 Å². The third-order valence-corrected chi connectivity index (χ3v) is 4.37. The summed E-state index contributed by atoms with van der Waals surface area (Å²) in [6.07, 6.45) is 3.05. The second-order valence-corrected chi connectivity index (χ2v) is 5.95. The van der Waals surface area contributed by atoms with Gasteiger partial charge in [0.25, 0.3) is 0 Å². The first kappa shape index (κ1) is 14.8. The van der Waals surface area contributed by atoms with E-state index in [1.165, 1.54) is 22.0 Å². The highest BCUT2D eigenvalue weighted by atomic mass is 15.3. The smallest absolute Gasteiger partial charge is 0.140 e.